The van der Waals surface area contributed by atoms with E-state index in [9.17, 15) is 4.79 Å². The quantitative estimate of drug-likeness (QED) is 0.808. The Bertz CT molecular complexity index is 409. The minimum absolute atomic E-state index is 0.0300. The molecule has 1 aromatic rings. The van der Waals surface area contributed by atoms with Crippen molar-refractivity contribution in [3.05, 3.63) is 35.4 Å². The molecule has 0 aliphatic carbocycles. The van der Waals surface area contributed by atoms with Gasteiger partial charge in [0.2, 0.25) is 5.91 Å². The van der Waals surface area contributed by atoms with Crippen LogP contribution >= 0.6 is 11.8 Å². The van der Waals surface area contributed by atoms with E-state index in [0.717, 1.165) is 12.0 Å². The number of carbonyl (C=O) groups excluding carboxylic acids is 1. The standard InChI is InChI=1S/C15H23NO2S/c1-11-6-4-5-7-14(11)13(3)16-15(18)10-19-12(2)8-9-17/h4-7,12-13,17H,8-10H2,1-3H3,(H,16,18). The number of aliphatic hydroxyl groups is 1. The van der Waals surface area contributed by atoms with Crippen LogP contribution in [0.15, 0.2) is 24.3 Å². The molecule has 0 radical (unpaired) electrons. The largest absolute Gasteiger partial charge is 0.396 e. The number of aliphatic hydroxyl groups excluding tert-OH is 1. The minimum Gasteiger partial charge on any atom is -0.396 e. The maximum absolute atomic E-state index is 11.9. The molecular formula is C15H23NO2S. The normalized spacial score (nSPS) is 13.9. The monoisotopic (exact) mass is 281 g/mol. The molecule has 1 amide bonds. The van der Waals surface area contributed by atoms with Crippen LogP contribution in [0.1, 0.15) is 37.4 Å². The third-order valence-electron chi connectivity index (χ3n) is 3.07. The van der Waals surface area contributed by atoms with E-state index in [1.807, 2.05) is 32.0 Å². The molecule has 0 bridgehead atoms. The van der Waals surface area contributed by atoms with Crippen molar-refractivity contribution in [2.24, 2.45) is 0 Å². The van der Waals surface area contributed by atoms with E-state index in [2.05, 4.69) is 18.3 Å². The van der Waals surface area contributed by atoms with Crippen LogP contribution in [0.25, 0.3) is 0 Å². The molecule has 1 rings (SSSR count). The van der Waals surface area contributed by atoms with Gasteiger partial charge < -0.3 is 10.4 Å². The van der Waals surface area contributed by atoms with E-state index in [1.54, 1.807) is 11.8 Å². The molecule has 1 aromatic carbocycles. The van der Waals surface area contributed by atoms with E-state index >= 15 is 0 Å². The maximum Gasteiger partial charge on any atom is 0.230 e. The van der Waals surface area contributed by atoms with Gasteiger partial charge in [0, 0.05) is 11.9 Å². The average molecular weight is 281 g/mol. The number of thioether (sulfide) groups is 1. The number of rotatable bonds is 7. The summed E-state index contributed by atoms with van der Waals surface area (Å²) >= 11 is 1.58. The van der Waals surface area contributed by atoms with Gasteiger partial charge in [-0.3, -0.25) is 4.79 Å². The highest BCUT2D eigenvalue weighted by molar-refractivity contribution is 8.00. The lowest BCUT2D eigenvalue weighted by molar-refractivity contribution is -0.119. The lowest BCUT2D eigenvalue weighted by atomic mass is 10.0. The highest BCUT2D eigenvalue weighted by atomic mass is 32.2. The Balaban J connectivity index is 2.42. The molecule has 19 heavy (non-hydrogen) atoms. The fourth-order valence-electron chi connectivity index (χ4n) is 1.92. The summed E-state index contributed by atoms with van der Waals surface area (Å²) < 4.78 is 0. The van der Waals surface area contributed by atoms with Crippen molar-refractivity contribution in [1.29, 1.82) is 0 Å². The topological polar surface area (TPSA) is 49.3 Å². The van der Waals surface area contributed by atoms with Gasteiger partial charge in [-0.05, 0) is 31.4 Å². The predicted octanol–water partition coefficient (Wildman–Crippen LogP) is 2.68. The van der Waals surface area contributed by atoms with Crippen LogP contribution < -0.4 is 5.32 Å². The van der Waals surface area contributed by atoms with Crippen molar-refractivity contribution < 1.29 is 9.90 Å². The number of hydrogen-bond donors (Lipinski definition) is 2. The molecule has 2 unspecified atom stereocenters. The summed E-state index contributed by atoms with van der Waals surface area (Å²) in [5.74, 6) is 0.489. The molecule has 0 aliphatic heterocycles. The molecule has 0 saturated carbocycles. The Morgan fingerprint density at radius 3 is 2.68 bits per heavy atom. The number of benzene rings is 1. The Hall–Kier alpha value is -1.000. The highest BCUT2D eigenvalue weighted by Gasteiger charge is 2.12. The summed E-state index contributed by atoms with van der Waals surface area (Å²) in [6, 6.07) is 8.11. The molecule has 0 aromatic heterocycles. The van der Waals surface area contributed by atoms with Gasteiger partial charge in [-0.2, -0.15) is 0 Å². The summed E-state index contributed by atoms with van der Waals surface area (Å²) in [6.45, 7) is 6.26. The first-order valence-electron chi connectivity index (χ1n) is 6.62. The average Bonchev–Trinajstić information content (AvgIpc) is 2.37. The van der Waals surface area contributed by atoms with E-state index in [1.165, 1.54) is 5.56 Å². The number of aryl methyl sites for hydroxylation is 1. The molecule has 0 fully saturated rings. The van der Waals surface area contributed by atoms with Gasteiger partial charge in [-0.25, -0.2) is 0 Å². The van der Waals surface area contributed by atoms with Crippen molar-refractivity contribution >= 4 is 17.7 Å². The number of hydrogen-bond acceptors (Lipinski definition) is 3. The van der Waals surface area contributed by atoms with Crippen molar-refractivity contribution in [2.45, 2.75) is 38.5 Å². The Kier molecular flexibility index (Phi) is 6.95. The van der Waals surface area contributed by atoms with Crippen molar-refractivity contribution in [1.82, 2.24) is 5.32 Å². The second-order valence-electron chi connectivity index (χ2n) is 4.78. The van der Waals surface area contributed by atoms with E-state index in [0.29, 0.717) is 11.0 Å². The summed E-state index contributed by atoms with van der Waals surface area (Å²) in [5, 5.41) is 12.1. The van der Waals surface area contributed by atoms with Gasteiger partial charge in [-0.1, -0.05) is 31.2 Å². The molecule has 0 heterocycles. The summed E-state index contributed by atoms with van der Waals surface area (Å²) in [6.07, 6.45) is 0.727. The van der Waals surface area contributed by atoms with Crippen LogP contribution in [-0.4, -0.2) is 28.6 Å². The predicted molar refractivity (Wildman–Crippen MR) is 81.4 cm³/mol. The van der Waals surface area contributed by atoms with E-state index in [4.69, 9.17) is 5.11 Å². The third-order valence-corrected chi connectivity index (χ3v) is 4.30. The fraction of sp³-hybridized carbons (Fsp3) is 0.533. The van der Waals surface area contributed by atoms with Gasteiger partial charge in [0.1, 0.15) is 0 Å². The molecule has 106 valence electrons. The molecule has 0 saturated heterocycles. The minimum atomic E-state index is 0.0300. The van der Waals surface area contributed by atoms with Gasteiger partial charge >= 0.3 is 0 Å². The summed E-state index contributed by atoms with van der Waals surface area (Å²) in [7, 11) is 0. The summed E-state index contributed by atoms with van der Waals surface area (Å²) in [5.41, 5.74) is 2.35. The second-order valence-corrected chi connectivity index (χ2v) is 6.21. The highest BCUT2D eigenvalue weighted by Crippen LogP contribution is 2.18. The van der Waals surface area contributed by atoms with Crippen LogP contribution in [0.2, 0.25) is 0 Å². The lowest BCUT2D eigenvalue weighted by Gasteiger charge is -2.17. The van der Waals surface area contributed by atoms with Gasteiger partial charge in [0.15, 0.2) is 0 Å². The molecular weight excluding hydrogens is 258 g/mol. The first kappa shape index (κ1) is 16.1. The lowest BCUT2D eigenvalue weighted by Crippen LogP contribution is -2.29. The van der Waals surface area contributed by atoms with Crippen LogP contribution in [0.4, 0.5) is 0 Å². The first-order valence-corrected chi connectivity index (χ1v) is 7.66. The first-order chi connectivity index (χ1) is 9.04. The van der Waals surface area contributed by atoms with Crippen LogP contribution in [0.3, 0.4) is 0 Å². The Morgan fingerprint density at radius 1 is 1.37 bits per heavy atom. The Morgan fingerprint density at radius 2 is 2.05 bits per heavy atom. The molecule has 2 atom stereocenters. The molecule has 4 heteroatoms. The van der Waals surface area contributed by atoms with E-state index in [-0.39, 0.29) is 18.6 Å². The van der Waals surface area contributed by atoms with Crippen LogP contribution in [-0.2, 0) is 4.79 Å². The smallest absolute Gasteiger partial charge is 0.230 e. The number of nitrogens with one attached hydrogen (secondary N) is 1. The van der Waals surface area contributed by atoms with Gasteiger partial charge in [-0.15, -0.1) is 11.8 Å². The van der Waals surface area contributed by atoms with Crippen molar-refractivity contribution in [2.75, 3.05) is 12.4 Å². The molecule has 0 aliphatic rings. The molecule has 2 N–H and O–H groups in total. The zero-order chi connectivity index (χ0) is 14.3. The molecule has 3 nitrogen and oxygen atoms in total. The SMILES string of the molecule is Cc1ccccc1C(C)NC(=O)CSC(C)CCO. The Labute approximate surface area is 119 Å². The zero-order valence-electron chi connectivity index (χ0n) is 11.8. The van der Waals surface area contributed by atoms with Crippen LogP contribution in [0.5, 0.6) is 0 Å². The number of carbonyl (C=O) groups is 1. The maximum atomic E-state index is 11.9. The summed E-state index contributed by atoms with van der Waals surface area (Å²) in [4.78, 5) is 11.9. The fourth-order valence-corrected chi connectivity index (χ4v) is 2.71. The van der Waals surface area contributed by atoms with Crippen LogP contribution in [0, 0.1) is 6.92 Å². The van der Waals surface area contributed by atoms with E-state index < -0.39 is 0 Å². The number of amides is 1. The third kappa shape index (κ3) is 5.66. The van der Waals surface area contributed by atoms with Gasteiger partial charge in [0.05, 0.1) is 11.8 Å². The van der Waals surface area contributed by atoms with Gasteiger partial charge in [0.25, 0.3) is 0 Å². The van der Waals surface area contributed by atoms with Crippen molar-refractivity contribution in [3.8, 4) is 0 Å². The second kappa shape index (κ2) is 8.23. The molecule has 0 spiro atoms. The van der Waals surface area contributed by atoms with Crippen molar-refractivity contribution in [3.63, 3.8) is 0 Å². The zero-order valence-corrected chi connectivity index (χ0v) is 12.7.